The maximum absolute atomic E-state index is 13.4. The first-order chi connectivity index (χ1) is 9.37. The van der Waals surface area contributed by atoms with E-state index in [-0.39, 0.29) is 23.9 Å². The number of ether oxygens (including phenoxy) is 1. The number of carbonyl (C=O) groups is 1. The van der Waals surface area contributed by atoms with E-state index in [1.807, 2.05) is 0 Å². The van der Waals surface area contributed by atoms with Gasteiger partial charge in [-0.1, -0.05) is 16.8 Å². The maximum Gasteiger partial charge on any atom is 0.353 e. The van der Waals surface area contributed by atoms with Gasteiger partial charge in [-0.2, -0.15) is 0 Å². The van der Waals surface area contributed by atoms with Crippen LogP contribution < -0.4 is 0 Å². The summed E-state index contributed by atoms with van der Waals surface area (Å²) in [6.07, 6.45) is 0.233. The van der Waals surface area contributed by atoms with Crippen molar-refractivity contribution in [3.63, 3.8) is 0 Å². The first-order valence-electron chi connectivity index (χ1n) is 6.25. The summed E-state index contributed by atoms with van der Waals surface area (Å²) in [7, 11) is 0. The minimum Gasteiger partial charge on any atom is -0.463 e. The number of aryl methyl sites for hydroxylation is 1. The molecule has 0 saturated carbocycles. The number of rotatable bonds is 3. The number of carbonyl (C=O) groups excluding carboxylic acids is 1. The van der Waals surface area contributed by atoms with Crippen LogP contribution in [0, 0.1) is 12.7 Å². The van der Waals surface area contributed by atoms with Crippen LogP contribution in [0.1, 0.15) is 31.4 Å². The van der Waals surface area contributed by atoms with Crippen LogP contribution in [-0.2, 0) is 14.4 Å². The molecule has 0 N–H and O–H groups in total. The van der Waals surface area contributed by atoms with Crippen molar-refractivity contribution in [2.75, 3.05) is 6.61 Å². The average Bonchev–Trinajstić information content (AvgIpc) is 2.78. The van der Waals surface area contributed by atoms with E-state index in [4.69, 9.17) is 21.2 Å². The Balaban J connectivity index is 2.25. The van der Waals surface area contributed by atoms with Gasteiger partial charge in [0.25, 0.3) is 0 Å². The minimum absolute atomic E-state index is 0.233. The Morgan fingerprint density at radius 3 is 2.95 bits per heavy atom. The molecule has 0 radical (unpaired) electrons. The van der Waals surface area contributed by atoms with E-state index < -0.39 is 11.6 Å². The van der Waals surface area contributed by atoms with Gasteiger partial charge in [-0.05, 0) is 38.5 Å². The monoisotopic (exact) mass is 299 g/mol. The molecule has 108 valence electrons. The minimum atomic E-state index is -1.16. The summed E-state index contributed by atoms with van der Waals surface area (Å²) in [6.45, 7) is 5.23. The second kappa shape index (κ2) is 5.40. The molecule has 1 aromatic carbocycles. The van der Waals surface area contributed by atoms with E-state index in [1.165, 1.54) is 6.07 Å². The van der Waals surface area contributed by atoms with Crippen LogP contribution in [0.4, 0.5) is 4.39 Å². The Morgan fingerprint density at radius 2 is 2.30 bits per heavy atom. The van der Waals surface area contributed by atoms with Crippen molar-refractivity contribution in [3.8, 4) is 0 Å². The molecule has 0 amide bonds. The normalized spacial score (nSPS) is 21.4. The first kappa shape index (κ1) is 14.8. The third-order valence-electron chi connectivity index (χ3n) is 3.13. The molecular weight excluding hydrogens is 285 g/mol. The SMILES string of the molecule is CCOC(=O)C1(C)CC(c2cc(C)c(F)cc2Cl)=NO1. The van der Waals surface area contributed by atoms with E-state index in [0.29, 0.717) is 16.8 Å². The molecule has 4 nitrogen and oxygen atoms in total. The lowest BCUT2D eigenvalue weighted by Crippen LogP contribution is -2.37. The molecule has 0 fully saturated rings. The largest absolute Gasteiger partial charge is 0.463 e. The van der Waals surface area contributed by atoms with Gasteiger partial charge >= 0.3 is 5.97 Å². The van der Waals surface area contributed by atoms with Crippen molar-refractivity contribution in [2.24, 2.45) is 5.16 Å². The highest BCUT2D eigenvalue weighted by molar-refractivity contribution is 6.34. The van der Waals surface area contributed by atoms with E-state index in [9.17, 15) is 9.18 Å². The molecule has 0 saturated heterocycles. The molecule has 0 aromatic heterocycles. The van der Waals surface area contributed by atoms with Gasteiger partial charge in [0.15, 0.2) is 0 Å². The standard InChI is InChI=1S/C14H15ClFNO3/c1-4-19-13(18)14(3)7-12(17-20-14)9-5-8(2)11(16)6-10(9)15/h5-6H,4,7H2,1-3H3. The highest BCUT2D eigenvalue weighted by atomic mass is 35.5. The Bertz CT molecular complexity index is 588. The second-order valence-corrected chi connectivity index (χ2v) is 5.25. The van der Waals surface area contributed by atoms with E-state index in [2.05, 4.69) is 5.16 Å². The molecule has 1 heterocycles. The first-order valence-corrected chi connectivity index (χ1v) is 6.63. The van der Waals surface area contributed by atoms with Crippen molar-refractivity contribution in [1.29, 1.82) is 0 Å². The molecule has 1 aromatic rings. The molecule has 20 heavy (non-hydrogen) atoms. The van der Waals surface area contributed by atoms with Gasteiger partial charge < -0.3 is 9.57 Å². The zero-order valence-electron chi connectivity index (χ0n) is 11.5. The van der Waals surface area contributed by atoms with Crippen LogP contribution in [0.5, 0.6) is 0 Å². The predicted molar refractivity (Wildman–Crippen MR) is 73.4 cm³/mol. The summed E-state index contributed by atoms with van der Waals surface area (Å²) in [5, 5.41) is 4.14. The van der Waals surface area contributed by atoms with Crippen molar-refractivity contribution >= 4 is 23.3 Å². The van der Waals surface area contributed by atoms with Crippen LogP contribution in [0.25, 0.3) is 0 Å². The Kier molecular flexibility index (Phi) is 3.99. The number of hydrogen-bond acceptors (Lipinski definition) is 4. The maximum atomic E-state index is 13.4. The van der Waals surface area contributed by atoms with E-state index in [0.717, 1.165) is 0 Å². The number of hydrogen-bond donors (Lipinski definition) is 0. The fraction of sp³-hybridized carbons (Fsp3) is 0.429. The van der Waals surface area contributed by atoms with Crippen LogP contribution in [0.3, 0.4) is 0 Å². The Morgan fingerprint density at radius 1 is 1.60 bits per heavy atom. The van der Waals surface area contributed by atoms with Gasteiger partial charge in [0.05, 0.1) is 17.3 Å². The Labute approximate surface area is 121 Å². The van der Waals surface area contributed by atoms with Crippen LogP contribution in [0.2, 0.25) is 5.02 Å². The highest BCUT2D eigenvalue weighted by Crippen LogP contribution is 2.31. The van der Waals surface area contributed by atoms with Gasteiger partial charge in [-0.15, -0.1) is 0 Å². The number of halogens is 2. The molecule has 0 spiro atoms. The molecule has 1 atom stereocenters. The van der Waals surface area contributed by atoms with Gasteiger partial charge in [0.1, 0.15) is 5.82 Å². The quantitative estimate of drug-likeness (QED) is 0.805. The lowest BCUT2D eigenvalue weighted by atomic mass is 9.95. The number of esters is 1. The Hall–Kier alpha value is -1.62. The smallest absolute Gasteiger partial charge is 0.353 e. The third kappa shape index (κ3) is 2.63. The zero-order chi connectivity index (χ0) is 14.9. The zero-order valence-corrected chi connectivity index (χ0v) is 12.3. The summed E-state index contributed by atoms with van der Waals surface area (Å²) in [6, 6.07) is 2.82. The molecular formula is C14H15ClFNO3. The fourth-order valence-electron chi connectivity index (χ4n) is 1.96. The summed E-state index contributed by atoms with van der Waals surface area (Å²) in [4.78, 5) is 17.0. The number of oxime groups is 1. The van der Waals surface area contributed by atoms with Gasteiger partial charge in [0, 0.05) is 12.0 Å². The van der Waals surface area contributed by atoms with Gasteiger partial charge in [-0.25, -0.2) is 9.18 Å². The van der Waals surface area contributed by atoms with Crippen LogP contribution >= 0.6 is 11.6 Å². The molecule has 1 aliphatic rings. The molecule has 1 unspecified atom stereocenters. The van der Waals surface area contributed by atoms with Crippen molar-refractivity contribution in [2.45, 2.75) is 32.8 Å². The van der Waals surface area contributed by atoms with Gasteiger partial charge in [0.2, 0.25) is 5.60 Å². The molecule has 2 rings (SSSR count). The van der Waals surface area contributed by atoms with Crippen molar-refractivity contribution in [1.82, 2.24) is 0 Å². The fourth-order valence-corrected chi connectivity index (χ4v) is 2.22. The molecule has 0 aliphatic carbocycles. The summed E-state index contributed by atoms with van der Waals surface area (Å²) >= 11 is 6.02. The number of nitrogens with zero attached hydrogens (tertiary/aromatic N) is 1. The molecule has 0 bridgehead atoms. The number of benzene rings is 1. The summed E-state index contributed by atoms with van der Waals surface area (Å²) < 4.78 is 18.4. The summed E-state index contributed by atoms with van der Waals surface area (Å²) in [5.74, 6) is -0.861. The van der Waals surface area contributed by atoms with E-state index >= 15 is 0 Å². The van der Waals surface area contributed by atoms with Gasteiger partial charge in [-0.3, -0.25) is 0 Å². The van der Waals surface area contributed by atoms with Crippen molar-refractivity contribution < 1.29 is 18.8 Å². The molecule has 6 heteroatoms. The van der Waals surface area contributed by atoms with Crippen molar-refractivity contribution in [3.05, 3.63) is 34.1 Å². The summed E-state index contributed by atoms with van der Waals surface area (Å²) in [5.41, 5.74) is 0.376. The lowest BCUT2D eigenvalue weighted by molar-refractivity contribution is -0.166. The van der Waals surface area contributed by atoms with Crippen LogP contribution in [0.15, 0.2) is 17.3 Å². The van der Waals surface area contributed by atoms with E-state index in [1.54, 1.807) is 26.8 Å². The topological polar surface area (TPSA) is 47.9 Å². The predicted octanol–water partition coefficient (Wildman–Crippen LogP) is 3.23. The molecule has 1 aliphatic heterocycles. The third-order valence-corrected chi connectivity index (χ3v) is 3.44. The van der Waals surface area contributed by atoms with Crippen LogP contribution in [-0.4, -0.2) is 23.9 Å². The highest BCUT2D eigenvalue weighted by Gasteiger charge is 2.44. The second-order valence-electron chi connectivity index (χ2n) is 4.84. The average molecular weight is 300 g/mol. The lowest BCUT2D eigenvalue weighted by Gasteiger charge is -2.18.